The van der Waals surface area contributed by atoms with Crippen molar-refractivity contribution in [2.75, 3.05) is 7.11 Å². The van der Waals surface area contributed by atoms with Crippen molar-refractivity contribution in [2.24, 2.45) is 0 Å². The molecule has 3 aromatic rings. The zero-order valence-electron chi connectivity index (χ0n) is 18.0. The van der Waals surface area contributed by atoms with E-state index in [1.54, 1.807) is 18.2 Å². The number of rotatable bonds is 5. The largest absolute Gasteiger partial charge is 0.465 e. The zero-order valence-corrected chi connectivity index (χ0v) is 18.0. The SMILES string of the molecule is COC(=O)c1cccc(C(=O)Oc2ccc(C(C)c3ccc(C)c(C)c3)cc2C)c1. The van der Waals surface area contributed by atoms with Gasteiger partial charge in [0.15, 0.2) is 0 Å². The molecule has 0 saturated heterocycles. The van der Waals surface area contributed by atoms with E-state index in [1.807, 2.05) is 25.1 Å². The molecule has 30 heavy (non-hydrogen) atoms. The highest BCUT2D eigenvalue weighted by Crippen LogP contribution is 2.29. The first-order valence-electron chi connectivity index (χ1n) is 9.88. The minimum atomic E-state index is -0.515. The molecule has 1 atom stereocenters. The molecule has 0 spiro atoms. The van der Waals surface area contributed by atoms with E-state index in [1.165, 1.54) is 29.9 Å². The molecule has 0 heterocycles. The van der Waals surface area contributed by atoms with Crippen molar-refractivity contribution < 1.29 is 19.1 Å². The van der Waals surface area contributed by atoms with Crippen molar-refractivity contribution in [2.45, 2.75) is 33.6 Å². The lowest BCUT2D eigenvalue weighted by molar-refractivity contribution is 0.0600. The lowest BCUT2D eigenvalue weighted by atomic mass is 9.90. The highest BCUT2D eigenvalue weighted by molar-refractivity contribution is 5.96. The second kappa shape index (κ2) is 8.95. The van der Waals surface area contributed by atoms with Crippen LogP contribution in [0.4, 0.5) is 0 Å². The van der Waals surface area contributed by atoms with Crippen LogP contribution >= 0.6 is 0 Å². The van der Waals surface area contributed by atoms with Gasteiger partial charge in [0.1, 0.15) is 5.75 Å². The summed E-state index contributed by atoms with van der Waals surface area (Å²) in [5.41, 5.74) is 6.44. The van der Waals surface area contributed by atoms with E-state index in [9.17, 15) is 9.59 Å². The minimum absolute atomic E-state index is 0.226. The van der Waals surface area contributed by atoms with Gasteiger partial charge in [-0.1, -0.05) is 43.3 Å². The molecule has 0 N–H and O–H groups in total. The highest BCUT2D eigenvalue weighted by Gasteiger charge is 2.15. The molecule has 3 rings (SSSR count). The summed E-state index contributed by atoms with van der Waals surface area (Å²) in [6.07, 6.45) is 0. The first-order valence-corrected chi connectivity index (χ1v) is 9.88. The standard InChI is InChI=1S/C26H26O4/c1-16-9-10-20(13-17(16)2)19(4)21-11-12-24(18(3)14-21)30-26(28)23-8-6-7-22(15-23)25(27)29-5/h6-15,19H,1-5H3. The van der Waals surface area contributed by atoms with Crippen molar-refractivity contribution in [1.29, 1.82) is 0 Å². The van der Waals surface area contributed by atoms with E-state index in [0.717, 1.165) is 11.1 Å². The molecule has 0 aromatic heterocycles. The van der Waals surface area contributed by atoms with E-state index in [-0.39, 0.29) is 5.92 Å². The van der Waals surface area contributed by atoms with Gasteiger partial charge in [0.25, 0.3) is 0 Å². The molecular weight excluding hydrogens is 376 g/mol. The maximum Gasteiger partial charge on any atom is 0.343 e. The van der Waals surface area contributed by atoms with Gasteiger partial charge in [-0.25, -0.2) is 9.59 Å². The number of methoxy groups -OCH3 is 1. The number of hydrogen-bond acceptors (Lipinski definition) is 4. The van der Waals surface area contributed by atoms with Gasteiger partial charge in [-0.05, 0) is 72.9 Å². The monoisotopic (exact) mass is 402 g/mol. The lowest BCUT2D eigenvalue weighted by Gasteiger charge is -2.16. The molecule has 0 amide bonds. The molecular formula is C26H26O4. The van der Waals surface area contributed by atoms with Crippen LogP contribution in [0.1, 0.15) is 61.4 Å². The summed E-state index contributed by atoms with van der Waals surface area (Å²) in [7, 11) is 1.30. The Labute approximate surface area is 177 Å². The maximum absolute atomic E-state index is 12.6. The second-order valence-corrected chi connectivity index (χ2v) is 7.55. The minimum Gasteiger partial charge on any atom is -0.465 e. The summed E-state index contributed by atoms with van der Waals surface area (Å²) >= 11 is 0. The van der Waals surface area contributed by atoms with Gasteiger partial charge in [-0.2, -0.15) is 0 Å². The van der Waals surface area contributed by atoms with Crippen LogP contribution in [0.2, 0.25) is 0 Å². The first kappa shape index (κ1) is 21.3. The van der Waals surface area contributed by atoms with Gasteiger partial charge in [-0.3, -0.25) is 0 Å². The predicted octanol–water partition coefficient (Wildman–Crippen LogP) is 5.77. The average Bonchev–Trinajstić information content (AvgIpc) is 2.76. The van der Waals surface area contributed by atoms with Crippen LogP contribution in [0.25, 0.3) is 0 Å². The Morgan fingerprint density at radius 3 is 1.93 bits per heavy atom. The summed E-state index contributed by atoms with van der Waals surface area (Å²) in [4.78, 5) is 24.2. The Morgan fingerprint density at radius 2 is 1.33 bits per heavy atom. The smallest absolute Gasteiger partial charge is 0.343 e. The normalized spacial score (nSPS) is 11.6. The maximum atomic E-state index is 12.6. The molecule has 0 aliphatic rings. The number of ether oxygens (including phenoxy) is 2. The van der Waals surface area contributed by atoms with Gasteiger partial charge < -0.3 is 9.47 Å². The van der Waals surface area contributed by atoms with E-state index >= 15 is 0 Å². The number of benzene rings is 3. The predicted molar refractivity (Wildman–Crippen MR) is 117 cm³/mol. The summed E-state index contributed by atoms with van der Waals surface area (Å²) in [6, 6.07) is 18.7. The number of hydrogen-bond donors (Lipinski definition) is 0. The third-order valence-corrected chi connectivity index (χ3v) is 5.45. The Kier molecular flexibility index (Phi) is 6.36. The van der Waals surface area contributed by atoms with Crippen LogP contribution in [0.3, 0.4) is 0 Å². The molecule has 0 aliphatic carbocycles. The fourth-order valence-corrected chi connectivity index (χ4v) is 3.33. The topological polar surface area (TPSA) is 52.6 Å². The molecule has 1 unspecified atom stereocenters. The Bertz CT molecular complexity index is 1100. The van der Waals surface area contributed by atoms with E-state index in [4.69, 9.17) is 9.47 Å². The third kappa shape index (κ3) is 4.60. The number of carbonyl (C=O) groups excluding carboxylic acids is 2. The van der Waals surface area contributed by atoms with Crippen molar-refractivity contribution in [3.05, 3.63) is 99.6 Å². The molecule has 3 aromatic carbocycles. The van der Waals surface area contributed by atoms with Crippen LogP contribution in [0, 0.1) is 20.8 Å². The molecule has 154 valence electrons. The van der Waals surface area contributed by atoms with Crippen LogP contribution in [-0.4, -0.2) is 19.0 Å². The summed E-state index contributed by atoms with van der Waals surface area (Å²) in [5.74, 6) is -0.284. The molecule has 0 aliphatic heterocycles. The van der Waals surface area contributed by atoms with Gasteiger partial charge in [0.05, 0.1) is 18.2 Å². The number of aryl methyl sites for hydroxylation is 3. The van der Waals surface area contributed by atoms with E-state index < -0.39 is 11.9 Å². The van der Waals surface area contributed by atoms with Gasteiger partial charge in [-0.15, -0.1) is 0 Å². The molecule has 0 saturated carbocycles. The lowest BCUT2D eigenvalue weighted by Crippen LogP contribution is -2.11. The van der Waals surface area contributed by atoms with Crippen molar-refractivity contribution >= 4 is 11.9 Å². The zero-order chi connectivity index (χ0) is 21.8. The molecule has 4 heteroatoms. The van der Waals surface area contributed by atoms with Crippen molar-refractivity contribution in [1.82, 2.24) is 0 Å². The first-order chi connectivity index (χ1) is 14.3. The van der Waals surface area contributed by atoms with E-state index in [0.29, 0.717) is 16.9 Å². The molecule has 0 fully saturated rings. The fourth-order valence-electron chi connectivity index (χ4n) is 3.33. The van der Waals surface area contributed by atoms with Gasteiger partial charge in [0.2, 0.25) is 0 Å². The summed E-state index contributed by atoms with van der Waals surface area (Å²) in [5, 5.41) is 0. The van der Waals surface area contributed by atoms with Crippen LogP contribution < -0.4 is 4.74 Å². The van der Waals surface area contributed by atoms with Crippen LogP contribution in [0.15, 0.2) is 60.7 Å². The van der Waals surface area contributed by atoms with Crippen molar-refractivity contribution in [3.8, 4) is 5.75 Å². The number of esters is 2. The second-order valence-electron chi connectivity index (χ2n) is 7.55. The van der Waals surface area contributed by atoms with Gasteiger partial charge >= 0.3 is 11.9 Å². The quantitative estimate of drug-likeness (QED) is 0.402. The van der Waals surface area contributed by atoms with Gasteiger partial charge in [0, 0.05) is 5.92 Å². The van der Waals surface area contributed by atoms with Crippen LogP contribution in [0.5, 0.6) is 5.75 Å². The summed E-state index contributed by atoms with van der Waals surface area (Å²) < 4.78 is 10.3. The molecule has 0 bridgehead atoms. The third-order valence-electron chi connectivity index (χ3n) is 5.45. The number of carbonyl (C=O) groups is 2. The Hall–Kier alpha value is -3.40. The molecule has 0 radical (unpaired) electrons. The van der Waals surface area contributed by atoms with Crippen LogP contribution in [-0.2, 0) is 4.74 Å². The fraction of sp³-hybridized carbons (Fsp3) is 0.231. The van der Waals surface area contributed by atoms with Crippen molar-refractivity contribution in [3.63, 3.8) is 0 Å². The Morgan fingerprint density at radius 1 is 0.733 bits per heavy atom. The molecule has 4 nitrogen and oxygen atoms in total. The highest BCUT2D eigenvalue weighted by atomic mass is 16.5. The average molecular weight is 402 g/mol. The van der Waals surface area contributed by atoms with E-state index in [2.05, 4.69) is 39.0 Å². The summed E-state index contributed by atoms with van der Waals surface area (Å²) in [6.45, 7) is 8.32. The Balaban J connectivity index is 1.79.